The van der Waals surface area contributed by atoms with E-state index in [4.69, 9.17) is 11.6 Å². The number of hydrogen-bond donors (Lipinski definition) is 0. The summed E-state index contributed by atoms with van der Waals surface area (Å²) in [5, 5.41) is 19.1. The maximum atomic E-state index is 13.1. The van der Waals surface area contributed by atoms with Crippen molar-refractivity contribution >= 4 is 34.6 Å². The topological polar surface area (TPSA) is 69.6 Å². The highest BCUT2D eigenvalue weighted by molar-refractivity contribution is 7.07. The first-order valence-electron chi connectivity index (χ1n) is 8.06. The molecule has 3 rings (SSSR count). The molecule has 6 heteroatoms. The Morgan fingerprint density at radius 1 is 1.15 bits per heavy atom. The molecule has 27 heavy (non-hydrogen) atoms. The van der Waals surface area contributed by atoms with Crippen molar-refractivity contribution in [3.8, 4) is 17.8 Å². The molecule has 132 valence electrons. The van der Waals surface area contributed by atoms with E-state index in [2.05, 4.69) is 0 Å². The highest BCUT2D eigenvalue weighted by Crippen LogP contribution is 2.13. The Labute approximate surface area is 165 Å². The molecule has 2 aromatic carbocycles. The molecule has 0 atom stereocenters. The van der Waals surface area contributed by atoms with Crippen LogP contribution in [-0.2, 0) is 0 Å². The van der Waals surface area contributed by atoms with Gasteiger partial charge in [0.1, 0.15) is 16.8 Å². The van der Waals surface area contributed by atoms with Gasteiger partial charge >= 0.3 is 0 Å². The van der Waals surface area contributed by atoms with E-state index < -0.39 is 0 Å². The third kappa shape index (κ3) is 3.71. The van der Waals surface area contributed by atoms with Crippen LogP contribution in [0.15, 0.2) is 47.3 Å². The van der Waals surface area contributed by atoms with Crippen LogP contribution >= 0.6 is 22.9 Å². The van der Waals surface area contributed by atoms with Gasteiger partial charge in [0.05, 0.1) is 10.2 Å². The van der Waals surface area contributed by atoms with Crippen molar-refractivity contribution in [3.05, 3.63) is 83.7 Å². The Morgan fingerprint density at radius 3 is 2.56 bits per heavy atom. The number of aryl methyl sites for hydroxylation is 2. The minimum Gasteiger partial charge on any atom is -0.267 e. The second-order valence-corrected chi connectivity index (χ2v) is 7.46. The summed E-state index contributed by atoms with van der Waals surface area (Å²) in [6.45, 7) is 3.95. The molecule has 0 radical (unpaired) electrons. The van der Waals surface area contributed by atoms with E-state index in [0.717, 1.165) is 28.0 Å². The molecule has 0 aliphatic heterocycles. The van der Waals surface area contributed by atoms with Crippen molar-refractivity contribution in [2.45, 2.75) is 13.8 Å². The number of aromatic nitrogens is 1. The van der Waals surface area contributed by atoms with Crippen molar-refractivity contribution < 1.29 is 0 Å². The van der Waals surface area contributed by atoms with Gasteiger partial charge in [0.15, 0.2) is 5.57 Å². The molecule has 1 aromatic heterocycles. The maximum absolute atomic E-state index is 13.1. The molecule has 0 saturated carbocycles. The molecule has 0 aliphatic rings. The number of benzene rings is 2. The van der Waals surface area contributed by atoms with Crippen molar-refractivity contribution in [1.29, 1.82) is 10.5 Å². The molecule has 1 heterocycles. The van der Waals surface area contributed by atoms with E-state index in [1.54, 1.807) is 30.3 Å². The van der Waals surface area contributed by atoms with Crippen molar-refractivity contribution in [3.63, 3.8) is 0 Å². The van der Waals surface area contributed by atoms with Gasteiger partial charge in [-0.3, -0.25) is 9.36 Å². The second-order valence-electron chi connectivity index (χ2n) is 5.99. The molecule has 3 aromatic rings. The van der Waals surface area contributed by atoms with Gasteiger partial charge in [0, 0.05) is 5.02 Å². The fourth-order valence-electron chi connectivity index (χ4n) is 2.68. The van der Waals surface area contributed by atoms with Crippen LogP contribution in [0, 0.1) is 36.5 Å². The lowest BCUT2D eigenvalue weighted by Gasteiger charge is -2.02. The normalized spacial score (nSPS) is 11.1. The molecular weight excluding hydrogens is 378 g/mol. The number of hydrogen-bond acceptors (Lipinski definition) is 4. The number of halogens is 1. The summed E-state index contributed by atoms with van der Waals surface area (Å²) in [4.78, 5) is 13.1. The van der Waals surface area contributed by atoms with E-state index in [-0.39, 0.29) is 11.1 Å². The smallest absolute Gasteiger partial charge is 0.267 e. The van der Waals surface area contributed by atoms with Crippen LogP contribution in [0.1, 0.15) is 16.7 Å². The van der Waals surface area contributed by atoms with Gasteiger partial charge in [-0.2, -0.15) is 10.5 Å². The highest BCUT2D eigenvalue weighted by atomic mass is 35.5. The summed E-state index contributed by atoms with van der Waals surface area (Å²) in [6, 6.07) is 16.5. The quantitative estimate of drug-likeness (QED) is 0.673. The van der Waals surface area contributed by atoms with E-state index in [0.29, 0.717) is 19.9 Å². The zero-order chi connectivity index (χ0) is 19.6. The molecule has 0 aliphatic carbocycles. The zero-order valence-electron chi connectivity index (χ0n) is 14.7. The Kier molecular flexibility index (Phi) is 5.28. The molecule has 0 fully saturated rings. The molecule has 0 amide bonds. The van der Waals surface area contributed by atoms with Crippen LogP contribution in [0.3, 0.4) is 0 Å². The third-order valence-corrected chi connectivity index (χ3v) is 5.38. The monoisotopic (exact) mass is 391 g/mol. The molecule has 0 saturated heterocycles. The molecule has 0 bridgehead atoms. The fraction of sp³-hybridized carbons (Fsp3) is 0.0952. The number of rotatable bonds is 2. The minimum atomic E-state index is -0.291. The number of nitrogens with zero attached hydrogens (tertiary/aromatic N) is 3. The average molecular weight is 392 g/mol. The van der Waals surface area contributed by atoms with Crippen molar-refractivity contribution in [1.82, 2.24) is 4.57 Å². The van der Waals surface area contributed by atoms with Gasteiger partial charge in [-0.1, -0.05) is 41.4 Å². The van der Waals surface area contributed by atoms with Crippen LogP contribution in [0.2, 0.25) is 5.02 Å². The highest BCUT2D eigenvalue weighted by Gasteiger charge is 2.12. The zero-order valence-corrected chi connectivity index (χ0v) is 16.2. The van der Waals surface area contributed by atoms with E-state index >= 15 is 0 Å². The predicted molar refractivity (Wildman–Crippen MR) is 108 cm³/mol. The van der Waals surface area contributed by atoms with Crippen LogP contribution in [0.25, 0.3) is 17.3 Å². The maximum Gasteiger partial charge on any atom is 0.273 e. The van der Waals surface area contributed by atoms with Gasteiger partial charge in [-0.15, -0.1) is 11.3 Å². The lowest BCUT2D eigenvalue weighted by atomic mass is 10.1. The predicted octanol–water partition coefficient (Wildman–Crippen LogP) is 3.20. The second kappa shape index (κ2) is 7.63. The largest absolute Gasteiger partial charge is 0.273 e. The average Bonchev–Trinajstić information content (AvgIpc) is 2.95. The molecular formula is C21H14ClN3OS. The number of thiazole rings is 1. The Morgan fingerprint density at radius 2 is 1.89 bits per heavy atom. The van der Waals surface area contributed by atoms with E-state index in [9.17, 15) is 15.3 Å². The lowest BCUT2D eigenvalue weighted by molar-refractivity contribution is 0.988. The summed E-state index contributed by atoms with van der Waals surface area (Å²) >= 11 is 7.19. The Balaban J connectivity index is 2.43. The summed E-state index contributed by atoms with van der Waals surface area (Å²) in [5.41, 5.74) is 3.16. The van der Waals surface area contributed by atoms with Crippen LogP contribution < -0.4 is 14.8 Å². The summed E-state index contributed by atoms with van der Waals surface area (Å²) in [5.74, 6) is 0. The first kappa shape index (κ1) is 18.7. The lowest BCUT2D eigenvalue weighted by Crippen LogP contribution is -2.30. The van der Waals surface area contributed by atoms with E-state index in [1.165, 1.54) is 4.57 Å². The molecule has 0 unspecified atom stereocenters. The van der Waals surface area contributed by atoms with E-state index in [1.807, 2.05) is 44.2 Å². The standard InChI is InChI=1S/C21H14ClN3OS/c1-13-6-7-14(2)15(8-13)9-19-20(26)25(18-5-3-4-17(22)10-18)21(27-19)16(11-23)12-24/h3-10H,1-2H3/b19-9-. The minimum absolute atomic E-state index is 0.113. The first-order chi connectivity index (χ1) is 12.9. The molecule has 0 spiro atoms. The number of nitriles is 2. The summed E-state index contributed by atoms with van der Waals surface area (Å²) < 4.78 is 2.11. The van der Waals surface area contributed by atoms with Crippen LogP contribution in [0.5, 0.6) is 0 Å². The first-order valence-corrected chi connectivity index (χ1v) is 9.25. The van der Waals surface area contributed by atoms with Gasteiger partial charge in [-0.25, -0.2) is 0 Å². The Hall–Kier alpha value is -3.12. The van der Waals surface area contributed by atoms with Gasteiger partial charge < -0.3 is 0 Å². The SMILES string of the molecule is Cc1ccc(C)c(/C=c2\sc(=C(C#N)C#N)n(-c3cccc(Cl)c3)c2=O)c1. The van der Waals surface area contributed by atoms with Gasteiger partial charge in [0.2, 0.25) is 0 Å². The Bertz CT molecular complexity index is 1290. The third-order valence-electron chi connectivity index (χ3n) is 4.05. The van der Waals surface area contributed by atoms with Crippen LogP contribution in [-0.4, -0.2) is 4.57 Å². The van der Waals surface area contributed by atoms with Gasteiger partial charge in [-0.05, 0) is 49.2 Å². The summed E-state index contributed by atoms with van der Waals surface area (Å²) in [7, 11) is 0. The fourth-order valence-corrected chi connectivity index (χ4v) is 3.91. The molecule has 0 N–H and O–H groups in total. The van der Waals surface area contributed by atoms with Gasteiger partial charge in [0.25, 0.3) is 5.56 Å². The van der Waals surface area contributed by atoms with Crippen molar-refractivity contribution in [2.75, 3.05) is 0 Å². The summed E-state index contributed by atoms with van der Waals surface area (Å²) in [6.07, 6.45) is 1.80. The van der Waals surface area contributed by atoms with Crippen LogP contribution in [0.4, 0.5) is 0 Å². The molecule has 4 nitrogen and oxygen atoms in total. The van der Waals surface area contributed by atoms with Crippen molar-refractivity contribution in [2.24, 2.45) is 0 Å².